The van der Waals surface area contributed by atoms with Crippen LogP contribution < -0.4 is 10.1 Å². The predicted molar refractivity (Wildman–Crippen MR) is 121 cm³/mol. The Balaban J connectivity index is 1.41. The van der Waals surface area contributed by atoms with Crippen molar-refractivity contribution >= 4 is 23.4 Å². The molecule has 4 nitrogen and oxygen atoms in total. The molecule has 1 heterocycles. The van der Waals surface area contributed by atoms with Gasteiger partial charge in [-0.05, 0) is 54.8 Å². The highest BCUT2D eigenvalue weighted by atomic mass is 32.2. The maximum absolute atomic E-state index is 13.1. The highest BCUT2D eigenvalue weighted by Gasteiger charge is 2.22. The van der Waals surface area contributed by atoms with E-state index in [4.69, 9.17) is 9.47 Å². The zero-order valence-corrected chi connectivity index (χ0v) is 17.5. The molecule has 0 radical (unpaired) electrons. The Kier molecular flexibility index (Phi) is 7.06. The minimum Gasteiger partial charge on any atom is -0.491 e. The van der Waals surface area contributed by atoms with Crippen LogP contribution >= 0.6 is 11.8 Å². The van der Waals surface area contributed by atoms with Crippen LogP contribution in [0.3, 0.4) is 0 Å². The van der Waals surface area contributed by atoms with E-state index >= 15 is 0 Å². The minimum atomic E-state index is -0.343. The van der Waals surface area contributed by atoms with Gasteiger partial charge in [-0.2, -0.15) is 0 Å². The summed E-state index contributed by atoms with van der Waals surface area (Å²) in [7, 11) is 0. The largest absolute Gasteiger partial charge is 0.491 e. The van der Waals surface area contributed by atoms with E-state index in [1.54, 1.807) is 11.8 Å². The molecular weight excluding hydrogens is 394 g/mol. The number of thioether (sulfide) groups is 1. The normalized spacial score (nSPS) is 16.7. The Bertz CT molecular complexity index is 926. The number of hydrogen-bond acceptors (Lipinski definition) is 4. The third kappa shape index (κ3) is 5.65. The van der Waals surface area contributed by atoms with E-state index < -0.39 is 0 Å². The topological polar surface area (TPSA) is 47.6 Å². The number of benzene rings is 3. The molecule has 3 aromatic carbocycles. The standard InChI is InChI=1S/C25H25NO3S/c27-25(24(19-8-3-1-4-9-19)30-23-11-5-2-6-12-23)26-20-13-15-21(16-14-20)29-18-22-10-7-17-28-22/h1-6,8-9,11-16,22,24H,7,10,17-18H2,(H,26,27). The first-order valence-corrected chi connectivity index (χ1v) is 11.1. The summed E-state index contributed by atoms with van der Waals surface area (Å²) < 4.78 is 11.4. The minimum absolute atomic E-state index is 0.0527. The third-order valence-corrected chi connectivity index (χ3v) is 6.19. The van der Waals surface area contributed by atoms with E-state index in [0.29, 0.717) is 6.61 Å². The van der Waals surface area contributed by atoms with Gasteiger partial charge >= 0.3 is 0 Å². The quantitative estimate of drug-likeness (QED) is 0.475. The van der Waals surface area contributed by atoms with Crippen LogP contribution in [0.25, 0.3) is 0 Å². The highest BCUT2D eigenvalue weighted by Crippen LogP contribution is 2.36. The monoisotopic (exact) mass is 419 g/mol. The first-order valence-electron chi connectivity index (χ1n) is 10.2. The Hall–Kier alpha value is -2.76. The summed E-state index contributed by atoms with van der Waals surface area (Å²) in [5.41, 5.74) is 1.72. The average molecular weight is 420 g/mol. The summed E-state index contributed by atoms with van der Waals surface area (Å²) in [4.78, 5) is 14.2. The lowest BCUT2D eigenvalue weighted by Gasteiger charge is -2.17. The van der Waals surface area contributed by atoms with E-state index in [1.807, 2.05) is 84.9 Å². The SMILES string of the molecule is O=C(Nc1ccc(OCC2CCCO2)cc1)C(Sc1ccccc1)c1ccccc1. The molecule has 1 fully saturated rings. The van der Waals surface area contributed by atoms with Gasteiger partial charge in [0.1, 0.15) is 17.6 Å². The molecule has 1 aliphatic heterocycles. The van der Waals surface area contributed by atoms with Crippen molar-refractivity contribution in [2.45, 2.75) is 29.1 Å². The van der Waals surface area contributed by atoms with E-state index in [1.165, 1.54) is 0 Å². The van der Waals surface area contributed by atoms with Crippen molar-refractivity contribution in [3.8, 4) is 5.75 Å². The zero-order chi connectivity index (χ0) is 20.6. The molecule has 4 rings (SSSR count). The van der Waals surface area contributed by atoms with Crippen molar-refractivity contribution in [1.29, 1.82) is 0 Å². The molecule has 3 aromatic rings. The van der Waals surface area contributed by atoms with Gasteiger partial charge in [0, 0.05) is 17.2 Å². The average Bonchev–Trinajstić information content (AvgIpc) is 3.32. The molecule has 1 saturated heterocycles. The molecule has 2 atom stereocenters. The third-order valence-electron chi connectivity index (χ3n) is 4.92. The number of ether oxygens (including phenoxy) is 2. The molecule has 1 N–H and O–H groups in total. The molecular formula is C25H25NO3S. The lowest BCUT2D eigenvalue weighted by molar-refractivity contribution is -0.115. The van der Waals surface area contributed by atoms with Crippen molar-refractivity contribution in [2.75, 3.05) is 18.5 Å². The number of hydrogen-bond donors (Lipinski definition) is 1. The molecule has 0 aromatic heterocycles. The van der Waals surface area contributed by atoms with Crippen molar-refractivity contribution in [3.63, 3.8) is 0 Å². The van der Waals surface area contributed by atoms with Gasteiger partial charge in [-0.25, -0.2) is 0 Å². The van der Waals surface area contributed by atoms with E-state index in [-0.39, 0.29) is 17.3 Å². The maximum Gasteiger partial charge on any atom is 0.242 e. The van der Waals surface area contributed by atoms with E-state index in [9.17, 15) is 4.79 Å². The summed E-state index contributed by atoms with van der Waals surface area (Å²) >= 11 is 1.54. The van der Waals surface area contributed by atoms with Gasteiger partial charge in [0.05, 0.1) is 6.10 Å². The summed E-state index contributed by atoms with van der Waals surface area (Å²) in [5, 5.41) is 2.70. The van der Waals surface area contributed by atoms with Crippen LogP contribution in [-0.2, 0) is 9.53 Å². The second-order valence-corrected chi connectivity index (χ2v) is 8.36. The van der Waals surface area contributed by atoms with Crippen LogP contribution in [0.15, 0.2) is 89.8 Å². The predicted octanol–water partition coefficient (Wildman–Crippen LogP) is 5.72. The Morgan fingerprint density at radius 2 is 1.70 bits per heavy atom. The van der Waals surface area contributed by atoms with Crippen molar-refractivity contribution in [3.05, 3.63) is 90.5 Å². The molecule has 5 heteroatoms. The number of carbonyl (C=O) groups is 1. The number of amides is 1. The first kappa shape index (κ1) is 20.5. The van der Waals surface area contributed by atoms with Gasteiger partial charge in [0.15, 0.2) is 0 Å². The second kappa shape index (κ2) is 10.3. The smallest absolute Gasteiger partial charge is 0.242 e. The molecule has 2 unspecified atom stereocenters. The van der Waals surface area contributed by atoms with Crippen LogP contribution in [0.4, 0.5) is 5.69 Å². The fraction of sp³-hybridized carbons (Fsp3) is 0.240. The number of rotatable bonds is 8. The molecule has 0 aliphatic carbocycles. The molecule has 1 amide bonds. The Morgan fingerprint density at radius 3 is 2.37 bits per heavy atom. The molecule has 1 aliphatic rings. The number of carbonyl (C=O) groups excluding carboxylic acids is 1. The molecule has 0 spiro atoms. The second-order valence-electron chi connectivity index (χ2n) is 7.18. The van der Waals surface area contributed by atoms with Crippen LogP contribution in [0.1, 0.15) is 23.7 Å². The van der Waals surface area contributed by atoms with Gasteiger partial charge in [0.2, 0.25) is 5.91 Å². The van der Waals surface area contributed by atoms with Crippen molar-refractivity contribution < 1.29 is 14.3 Å². The lowest BCUT2D eigenvalue weighted by atomic mass is 10.1. The summed E-state index contributed by atoms with van der Waals surface area (Å²) in [6.07, 6.45) is 2.34. The number of anilines is 1. The van der Waals surface area contributed by atoms with Gasteiger partial charge in [-0.15, -0.1) is 11.8 Å². The molecule has 0 bridgehead atoms. The van der Waals surface area contributed by atoms with Crippen molar-refractivity contribution in [1.82, 2.24) is 0 Å². The number of nitrogens with one attached hydrogen (secondary N) is 1. The van der Waals surface area contributed by atoms with Crippen LogP contribution in [-0.4, -0.2) is 25.2 Å². The fourth-order valence-electron chi connectivity index (χ4n) is 3.34. The van der Waals surface area contributed by atoms with Gasteiger partial charge in [-0.3, -0.25) is 4.79 Å². The van der Waals surface area contributed by atoms with Crippen molar-refractivity contribution in [2.24, 2.45) is 0 Å². The van der Waals surface area contributed by atoms with E-state index in [2.05, 4.69) is 5.32 Å². The summed E-state index contributed by atoms with van der Waals surface area (Å²) in [6, 6.07) is 27.4. The fourth-order valence-corrected chi connectivity index (χ4v) is 4.39. The van der Waals surface area contributed by atoms with Gasteiger partial charge in [0.25, 0.3) is 0 Å². The highest BCUT2D eigenvalue weighted by molar-refractivity contribution is 8.00. The molecule has 30 heavy (non-hydrogen) atoms. The van der Waals surface area contributed by atoms with E-state index in [0.717, 1.165) is 41.3 Å². The van der Waals surface area contributed by atoms with Gasteiger partial charge in [-0.1, -0.05) is 48.5 Å². The molecule has 154 valence electrons. The first-order chi connectivity index (χ1) is 14.8. The Labute approximate surface area is 181 Å². The zero-order valence-electron chi connectivity index (χ0n) is 16.7. The van der Waals surface area contributed by atoms with Crippen LogP contribution in [0.5, 0.6) is 5.75 Å². The summed E-state index contributed by atoms with van der Waals surface area (Å²) in [6.45, 7) is 1.39. The van der Waals surface area contributed by atoms with Gasteiger partial charge < -0.3 is 14.8 Å². The molecule has 0 saturated carbocycles. The summed E-state index contributed by atoms with van der Waals surface area (Å²) in [5.74, 6) is 0.727. The Morgan fingerprint density at radius 1 is 1.00 bits per heavy atom. The maximum atomic E-state index is 13.1. The van der Waals surface area contributed by atoms with Crippen LogP contribution in [0, 0.1) is 0 Å². The lowest BCUT2D eigenvalue weighted by Crippen LogP contribution is -2.19. The van der Waals surface area contributed by atoms with Crippen LogP contribution in [0.2, 0.25) is 0 Å².